The van der Waals surface area contributed by atoms with E-state index in [4.69, 9.17) is 9.47 Å². The predicted octanol–water partition coefficient (Wildman–Crippen LogP) is 1.62. The van der Waals surface area contributed by atoms with Gasteiger partial charge >= 0.3 is 0 Å². The summed E-state index contributed by atoms with van der Waals surface area (Å²) >= 11 is 0. The number of carbonyl (C=O) groups is 2. The molecule has 0 aromatic heterocycles. The van der Waals surface area contributed by atoms with Crippen molar-refractivity contribution in [3.05, 3.63) is 24.3 Å². The van der Waals surface area contributed by atoms with E-state index in [2.05, 4.69) is 4.90 Å². The molecule has 2 aliphatic heterocycles. The highest BCUT2D eigenvalue weighted by Crippen LogP contribution is 2.17. The van der Waals surface area contributed by atoms with Crippen LogP contribution in [0, 0.1) is 0 Å². The fourth-order valence-corrected chi connectivity index (χ4v) is 3.66. The normalized spacial score (nSPS) is 17.6. The lowest BCUT2D eigenvalue weighted by molar-refractivity contribution is -0.134. The molecule has 0 saturated carbocycles. The second-order valence-electron chi connectivity index (χ2n) is 7.37. The standard InChI is InChI=1S/C21H31N3O4/c1-27-18-6-8-19(9-7-18)28-16-4-5-20(25)24-14-12-22(13-15-24)17-21(26)23-10-2-3-11-23/h6-9H,2-5,10-17H2,1H3. The van der Waals surface area contributed by atoms with E-state index in [1.54, 1.807) is 7.11 Å². The number of hydrogen-bond acceptors (Lipinski definition) is 5. The van der Waals surface area contributed by atoms with Crippen molar-refractivity contribution in [2.75, 3.05) is 59.5 Å². The molecule has 2 heterocycles. The van der Waals surface area contributed by atoms with Crippen molar-refractivity contribution in [1.82, 2.24) is 14.7 Å². The molecule has 0 N–H and O–H groups in total. The molecule has 1 aromatic carbocycles. The zero-order valence-corrected chi connectivity index (χ0v) is 16.8. The summed E-state index contributed by atoms with van der Waals surface area (Å²) < 4.78 is 10.8. The van der Waals surface area contributed by atoms with Crippen LogP contribution in [0.1, 0.15) is 25.7 Å². The van der Waals surface area contributed by atoms with Gasteiger partial charge in [-0.15, -0.1) is 0 Å². The number of amides is 2. The van der Waals surface area contributed by atoms with Gasteiger partial charge in [-0.25, -0.2) is 0 Å². The second kappa shape index (κ2) is 10.3. The number of benzene rings is 1. The zero-order valence-electron chi connectivity index (χ0n) is 16.8. The quantitative estimate of drug-likeness (QED) is 0.633. The van der Waals surface area contributed by atoms with Crippen LogP contribution in [0.5, 0.6) is 11.5 Å². The van der Waals surface area contributed by atoms with Crippen LogP contribution in [0.25, 0.3) is 0 Å². The summed E-state index contributed by atoms with van der Waals surface area (Å²) in [6.45, 7) is 5.74. The number of carbonyl (C=O) groups excluding carboxylic acids is 2. The summed E-state index contributed by atoms with van der Waals surface area (Å²) in [5, 5.41) is 0. The van der Waals surface area contributed by atoms with Crippen molar-refractivity contribution in [3.8, 4) is 11.5 Å². The van der Waals surface area contributed by atoms with Gasteiger partial charge in [0.1, 0.15) is 11.5 Å². The Labute approximate surface area is 167 Å². The van der Waals surface area contributed by atoms with Crippen molar-refractivity contribution in [2.45, 2.75) is 25.7 Å². The first-order valence-electron chi connectivity index (χ1n) is 10.2. The number of hydrogen-bond donors (Lipinski definition) is 0. The van der Waals surface area contributed by atoms with E-state index in [1.165, 1.54) is 0 Å². The van der Waals surface area contributed by atoms with Crippen molar-refractivity contribution in [3.63, 3.8) is 0 Å². The van der Waals surface area contributed by atoms with Crippen LogP contribution in [0.2, 0.25) is 0 Å². The average molecular weight is 389 g/mol. The summed E-state index contributed by atoms with van der Waals surface area (Å²) in [5.74, 6) is 1.98. The summed E-state index contributed by atoms with van der Waals surface area (Å²) in [6.07, 6.45) is 3.42. The Morgan fingerprint density at radius 1 is 0.857 bits per heavy atom. The molecule has 2 fully saturated rings. The molecule has 154 valence electrons. The third kappa shape index (κ3) is 5.86. The van der Waals surface area contributed by atoms with Gasteiger partial charge in [0.25, 0.3) is 0 Å². The lowest BCUT2D eigenvalue weighted by Crippen LogP contribution is -2.51. The first-order valence-corrected chi connectivity index (χ1v) is 10.2. The second-order valence-corrected chi connectivity index (χ2v) is 7.37. The fraction of sp³-hybridized carbons (Fsp3) is 0.619. The SMILES string of the molecule is COc1ccc(OCCCC(=O)N2CCN(CC(=O)N3CCCC3)CC2)cc1. The van der Waals surface area contributed by atoms with Crippen LogP contribution < -0.4 is 9.47 Å². The summed E-state index contributed by atoms with van der Waals surface area (Å²) in [5.41, 5.74) is 0. The van der Waals surface area contributed by atoms with E-state index in [9.17, 15) is 9.59 Å². The predicted molar refractivity (Wildman–Crippen MR) is 107 cm³/mol. The van der Waals surface area contributed by atoms with Crippen LogP contribution in [-0.2, 0) is 9.59 Å². The molecule has 2 amide bonds. The third-order valence-corrected chi connectivity index (χ3v) is 5.41. The number of likely N-dealkylation sites (tertiary alicyclic amines) is 1. The van der Waals surface area contributed by atoms with Gasteiger partial charge in [0.2, 0.25) is 11.8 Å². The number of rotatable bonds is 8. The highest BCUT2D eigenvalue weighted by Gasteiger charge is 2.25. The number of ether oxygens (including phenoxy) is 2. The van der Waals surface area contributed by atoms with Crippen LogP contribution >= 0.6 is 0 Å². The van der Waals surface area contributed by atoms with E-state index in [0.717, 1.165) is 50.5 Å². The Balaban J connectivity index is 1.29. The number of nitrogens with zero attached hydrogens (tertiary/aromatic N) is 3. The average Bonchev–Trinajstić information content (AvgIpc) is 3.27. The highest BCUT2D eigenvalue weighted by atomic mass is 16.5. The number of piperazine rings is 1. The number of methoxy groups -OCH3 is 1. The van der Waals surface area contributed by atoms with Gasteiger partial charge in [0.15, 0.2) is 0 Å². The van der Waals surface area contributed by atoms with Crippen molar-refractivity contribution in [2.24, 2.45) is 0 Å². The molecule has 7 nitrogen and oxygen atoms in total. The van der Waals surface area contributed by atoms with Gasteiger partial charge in [-0.05, 0) is 43.5 Å². The molecule has 0 aliphatic carbocycles. The van der Waals surface area contributed by atoms with E-state index in [1.807, 2.05) is 34.1 Å². The van der Waals surface area contributed by atoms with Gasteiger partial charge in [-0.2, -0.15) is 0 Å². The molecule has 0 atom stereocenters. The molecule has 0 radical (unpaired) electrons. The Bertz CT molecular complexity index is 636. The van der Waals surface area contributed by atoms with Crippen molar-refractivity contribution in [1.29, 1.82) is 0 Å². The minimum Gasteiger partial charge on any atom is -0.497 e. The lowest BCUT2D eigenvalue weighted by atomic mass is 10.2. The monoisotopic (exact) mass is 389 g/mol. The van der Waals surface area contributed by atoms with E-state index < -0.39 is 0 Å². The summed E-state index contributed by atoms with van der Waals surface area (Å²) in [6, 6.07) is 7.44. The topological polar surface area (TPSA) is 62.3 Å². The third-order valence-electron chi connectivity index (χ3n) is 5.41. The molecule has 1 aromatic rings. The van der Waals surface area contributed by atoms with E-state index in [-0.39, 0.29) is 11.8 Å². The molecular weight excluding hydrogens is 358 g/mol. The van der Waals surface area contributed by atoms with Crippen LogP contribution in [-0.4, -0.2) is 86.0 Å². The van der Waals surface area contributed by atoms with E-state index >= 15 is 0 Å². The van der Waals surface area contributed by atoms with Gasteiger partial charge in [-0.3, -0.25) is 14.5 Å². The smallest absolute Gasteiger partial charge is 0.236 e. The maximum Gasteiger partial charge on any atom is 0.236 e. The molecule has 28 heavy (non-hydrogen) atoms. The summed E-state index contributed by atoms with van der Waals surface area (Å²) in [4.78, 5) is 30.7. The molecule has 2 saturated heterocycles. The molecule has 0 bridgehead atoms. The molecule has 7 heteroatoms. The lowest BCUT2D eigenvalue weighted by Gasteiger charge is -2.35. The largest absolute Gasteiger partial charge is 0.497 e. The van der Waals surface area contributed by atoms with E-state index in [0.29, 0.717) is 39.1 Å². The Kier molecular flexibility index (Phi) is 7.54. The van der Waals surface area contributed by atoms with Crippen LogP contribution in [0.15, 0.2) is 24.3 Å². The molecule has 0 spiro atoms. The van der Waals surface area contributed by atoms with Crippen LogP contribution in [0.3, 0.4) is 0 Å². The van der Waals surface area contributed by atoms with Gasteiger partial charge in [0, 0.05) is 45.7 Å². The van der Waals surface area contributed by atoms with Gasteiger partial charge in [0.05, 0.1) is 20.3 Å². The van der Waals surface area contributed by atoms with Gasteiger partial charge < -0.3 is 19.3 Å². The molecule has 0 unspecified atom stereocenters. The Hall–Kier alpha value is -2.28. The first-order chi connectivity index (χ1) is 13.7. The van der Waals surface area contributed by atoms with Gasteiger partial charge in [-0.1, -0.05) is 0 Å². The Morgan fingerprint density at radius 2 is 1.46 bits per heavy atom. The summed E-state index contributed by atoms with van der Waals surface area (Å²) in [7, 11) is 1.63. The fourth-order valence-electron chi connectivity index (χ4n) is 3.66. The molecule has 3 rings (SSSR count). The van der Waals surface area contributed by atoms with Crippen molar-refractivity contribution < 1.29 is 19.1 Å². The minimum absolute atomic E-state index is 0.170. The maximum absolute atomic E-state index is 12.4. The molecular formula is C21H31N3O4. The molecule has 2 aliphatic rings. The maximum atomic E-state index is 12.4. The van der Waals surface area contributed by atoms with Crippen molar-refractivity contribution >= 4 is 11.8 Å². The minimum atomic E-state index is 0.170. The Morgan fingerprint density at radius 3 is 2.11 bits per heavy atom. The highest BCUT2D eigenvalue weighted by molar-refractivity contribution is 5.78. The van der Waals surface area contributed by atoms with Crippen LogP contribution in [0.4, 0.5) is 0 Å². The first kappa shape index (κ1) is 20.5. The zero-order chi connectivity index (χ0) is 19.8.